The summed E-state index contributed by atoms with van der Waals surface area (Å²) in [7, 11) is 0. The van der Waals surface area contributed by atoms with Crippen LogP contribution in [-0.2, 0) is 4.79 Å². The van der Waals surface area contributed by atoms with Gasteiger partial charge in [0.15, 0.2) is 0 Å². The summed E-state index contributed by atoms with van der Waals surface area (Å²) in [4.78, 5) is 10.2. The van der Waals surface area contributed by atoms with E-state index in [1.54, 1.807) is 0 Å². The predicted molar refractivity (Wildman–Crippen MR) is 55.9 cm³/mol. The molecule has 0 radical (unpaired) electrons. The lowest BCUT2D eigenvalue weighted by Crippen LogP contribution is -2.21. The largest absolute Gasteiger partial charge is 0.396 e. The normalized spacial score (nSPS) is 13.6. The van der Waals surface area contributed by atoms with Crippen LogP contribution < -0.4 is 0 Å². The van der Waals surface area contributed by atoms with Crippen LogP contribution >= 0.6 is 23.2 Å². The Bertz CT molecular complexity index is 370. The average molecular weight is 271 g/mol. The molecule has 16 heavy (non-hydrogen) atoms. The van der Waals surface area contributed by atoms with Crippen molar-refractivity contribution in [3.05, 3.63) is 33.8 Å². The van der Waals surface area contributed by atoms with Crippen LogP contribution in [-0.4, -0.2) is 12.5 Å². The zero-order chi connectivity index (χ0) is 12.3. The number of carbonyl (C=O) groups is 1. The molecule has 1 atom stereocenters. The first-order valence-electron chi connectivity index (χ1n) is 4.31. The van der Waals surface area contributed by atoms with Gasteiger partial charge in [-0.2, -0.15) is 13.2 Å². The van der Waals surface area contributed by atoms with Crippen LogP contribution in [0.25, 0.3) is 0 Å². The third kappa shape index (κ3) is 3.39. The monoisotopic (exact) mass is 270 g/mol. The van der Waals surface area contributed by atoms with Gasteiger partial charge in [-0.15, -0.1) is 0 Å². The van der Waals surface area contributed by atoms with Gasteiger partial charge in [0.25, 0.3) is 0 Å². The van der Waals surface area contributed by atoms with Gasteiger partial charge in [-0.05, 0) is 23.8 Å². The Balaban J connectivity index is 3.15. The van der Waals surface area contributed by atoms with Crippen LogP contribution in [0.1, 0.15) is 17.9 Å². The first-order valence-corrected chi connectivity index (χ1v) is 5.06. The molecule has 1 rings (SSSR count). The molecule has 1 unspecified atom stereocenters. The van der Waals surface area contributed by atoms with Gasteiger partial charge < -0.3 is 4.79 Å². The van der Waals surface area contributed by atoms with Gasteiger partial charge in [0, 0.05) is 16.5 Å². The number of rotatable bonds is 3. The maximum absolute atomic E-state index is 12.6. The highest BCUT2D eigenvalue weighted by Crippen LogP contribution is 2.38. The van der Waals surface area contributed by atoms with Crippen molar-refractivity contribution in [2.24, 2.45) is 0 Å². The van der Waals surface area contributed by atoms with Gasteiger partial charge in [0.2, 0.25) is 0 Å². The molecule has 0 amide bonds. The van der Waals surface area contributed by atoms with Gasteiger partial charge in [-0.25, -0.2) is 0 Å². The molecule has 0 fully saturated rings. The third-order valence-electron chi connectivity index (χ3n) is 2.01. The zero-order valence-electron chi connectivity index (χ0n) is 7.89. The SMILES string of the molecule is O=CCC(c1cc(Cl)cc(Cl)c1)C(F)(F)F. The van der Waals surface area contributed by atoms with Gasteiger partial charge in [0.05, 0.1) is 5.92 Å². The lowest BCUT2D eigenvalue weighted by molar-refractivity contribution is -0.154. The molecule has 1 nitrogen and oxygen atoms in total. The number of alkyl halides is 3. The molecule has 88 valence electrons. The van der Waals surface area contributed by atoms with Crippen molar-refractivity contribution in [1.29, 1.82) is 0 Å². The van der Waals surface area contributed by atoms with Crippen LogP contribution in [0.2, 0.25) is 10.0 Å². The van der Waals surface area contributed by atoms with E-state index < -0.39 is 18.5 Å². The molecule has 0 spiro atoms. The number of hydrogen-bond acceptors (Lipinski definition) is 1. The molecule has 0 aliphatic heterocycles. The summed E-state index contributed by atoms with van der Waals surface area (Å²) in [6.07, 6.45) is -4.90. The minimum Gasteiger partial charge on any atom is -0.303 e. The highest BCUT2D eigenvalue weighted by molar-refractivity contribution is 6.34. The molecule has 0 N–H and O–H groups in total. The van der Waals surface area contributed by atoms with Crippen molar-refractivity contribution in [3.8, 4) is 0 Å². The second kappa shape index (κ2) is 5.06. The van der Waals surface area contributed by atoms with Gasteiger partial charge in [-0.3, -0.25) is 0 Å². The summed E-state index contributed by atoms with van der Waals surface area (Å²) in [6.45, 7) is 0. The molecule has 1 aromatic rings. The van der Waals surface area contributed by atoms with Crippen LogP contribution in [0.15, 0.2) is 18.2 Å². The number of halogens is 5. The second-order valence-corrected chi connectivity index (χ2v) is 4.07. The Kier molecular flexibility index (Phi) is 4.21. The fourth-order valence-corrected chi connectivity index (χ4v) is 1.87. The maximum atomic E-state index is 12.6. The molecule has 6 heteroatoms. The summed E-state index contributed by atoms with van der Waals surface area (Å²) in [5.41, 5.74) is -0.0999. The van der Waals surface area contributed by atoms with Crippen LogP contribution in [0.4, 0.5) is 13.2 Å². The Hall–Kier alpha value is -0.740. The molecular weight excluding hydrogens is 264 g/mol. The van der Waals surface area contributed by atoms with E-state index in [0.717, 1.165) is 12.1 Å². The van der Waals surface area contributed by atoms with E-state index in [4.69, 9.17) is 23.2 Å². The Labute approximate surface area is 100 Å². The van der Waals surface area contributed by atoms with Crippen LogP contribution in [0, 0.1) is 0 Å². The molecule has 0 saturated carbocycles. The van der Waals surface area contributed by atoms with E-state index >= 15 is 0 Å². The van der Waals surface area contributed by atoms with Crippen molar-refractivity contribution in [1.82, 2.24) is 0 Å². The Morgan fingerprint density at radius 1 is 1.19 bits per heavy atom. The van der Waals surface area contributed by atoms with Crippen LogP contribution in [0.5, 0.6) is 0 Å². The molecule has 0 aromatic heterocycles. The first kappa shape index (κ1) is 13.3. The van der Waals surface area contributed by atoms with E-state index in [2.05, 4.69) is 0 Å². The quantitative estimate of drug-likeness (QED) is 0.752. The fourth-order valence-electron chi connectivity index (χ4n) is 1.33. The van der Waals surface area contributed by atoms with Crippen molar-refractivity contribution in [3.63, 3.8) is 0 Å². The third-order valence-corrected chi connectivity index (χ3v) is 2.45. The first-order chi connectivity index (χ1) is 7.34. The summed E-state index contributed by atoms with van der Waals surface area (Å²) in [5, 5.41) is 0.227. The van der Waals surface area contributed by atoms with E-state index in [1.807, 2.05) is 0 Å². The molecule has 0 aliphatic carbocycles. The summed E-state index contributed by atoms with van der Waals surface area (Å²) in [5.74, 6) is -1.86. The zero-order valence-corrected chi connectivity index (χ0v) is 9.40. The smallest absolute Gasteiger partial charge is 0.303 e. The topological polar surface area (TPSA) is 17.1 Å². The van der Waals surface area contributed by atoms with Crippen molar-refractivity contribution >= 4 is 29.5 Å². The molecule has 0 bridgehead atoms. The molecule has 1 aromatic carbocycles. The maximum Gasteiger partial charge on any atom is 0.396 e. The van der Waals surface area contributed by atoms with E-state index in [0.29, 0.717) is 0 Å². The van der Waals surface area contributed by atoms with Gasteiger partial charge >= 0.3 is 6.18 Å². The minimum atomic E-state index is -4.49. The fraction of sp³-hybridized carbons (Fsp3) is 0.300. The molecule has 0 aliphatic rings. The number of benzene rings is 1. The minimum absolute atomic E-state index is 0.0999. The molecule has 0 saturated heterocycles. The summed E-state index contributed by atoms with van der Waals surface area (Å²) in [6, 6.07) is 3.66. The predicted octanol–water partition coefficient (Wildman–Crippen LogP) is 4.23. The highest BCUT2D eigenvalue weighted by atomic mass is 35.5. The summed E-state index contributed by atoms with van der Waals surface area (Å²) >= 11 is 11.2. The van der Waals surface area contributed by atoms with E-state index in [9.17, 15) is 18.0 Å². The molecule has 0 heterocycles. The lowest BCUT2D eigenvalue weighted by Gasteiger charge is -2.18. The van der Waals surface area contributed by atoms with Gasteiger partial charge in [0.1, 0.15) is 6.29 Å². The van der Waals surface area contributed by atoms with Crippen molar-refractivity contribution in [2.45, 2.75) is 18.5 Å². The number of aldehydes is 1. The van der Waals surface area contributed by atoms with Crippen molar-refractivity contribution in [2.75, 3.05) is 0 Å². The van der Waals surface area contributed by atoms with E-state index in [-0.39, 0.29) is 21.9 Å². The summed E-state index contributed by atoms with van der Waals surface area (Å²) < 4.78 is 37.8. The van der Waals surface area contributed by atoms with Crippen LogP contribution in [0.3, 0.4) is 0 Å². The average Bonchev–Trinajstić information content (AvgIpc) is 2.10. The Morgan fingerprint density at radius 2 is 1.69 bits per heavy atom. The van der Waals surface area contributed by atoms with E-state index in [1.165, 1.54) is 6.07 Å². The number of carbonyl (C=O) groups excluding carboxylic acids is 1. The van der Waals surface area contributed by atoms with Crippen molar-refractivity contribution < 1.29 is 18.0 Å². The standard InChI is InChI=1S/C10H7Cl2F3O/c11-7-3-6(4-8(12)5-7)9(1-2-16)10(13,14)15/h2-5,9H,1H2. The lowest BCUT2D eigenvalue weighted by atomic mass is 9.96. The Morgan fingerprint density at radius 3 is 2.06 bits per heavy atom. The number of hydrogen-bond donors (Lipinski definition) is 0. The van der Waals surface area contributed by atoms with Gasteiger partial charge in [-0.1, -0.05) is 23.2 Å². The highest BCUT2D eigenvalue weighted by Gasteiger charge is 2.40. The molecular formula is C10H7Cl2F3O. The second-order valence-electron chi connectivity index (χ2n) is 3.20.